The number of rotatable bonds is 5. The number of methoxy groups -OCH3 is 1. The summed E-state index contributed by atoms with van der Waals surface area (Å²) in [6, 6.07) is 8.70. The van der Waals surface area contributed by atoms with Gasteiger partial charge in [0.15, 0.2) is 0 Å². The van der Waals surface area contributed by atoms with Gasteiger partial charge in [0.05, 0.1) is 7.11 Å². The number of ether oxygens (including phenoxy) is 1. The number of nitrogens with one attached hydrogen (secondary N) is 1. The summed E-state index contributed by atoms with van der Waals surface area (Å²) in [5, 5.41) is 3.38. The van der Waals surface area contributed by atoms with Gasteiger partial charge in [0.25, 0.3) is 0 Å². The Balaban J connectivity index is 2.18. The lowest BCUT2D eigenvalue weighted by molar-refractivity contribution is 0.387. The molecule has 106 valence electrons. The standard InChI is InChI=1S/C16H19FN2O/c1-11(13-7-9-18-10-8-13)19-12(2)16-14(17)5-4-6-15(16)20-3/h4-12,19H,1-3H3/t11-,12?/m0/s1. The Kier molecular flexibility index (Phi) is 4.69. The number of aromatic nitrogens is 1. The monoisotopic (exact) mass is 274 g/mol. The summed E-state index contributed by atoms with van der Waals surface area (Å²) < 4.78 is 19.3. The van der Waals surface area contributed by atoms with Crippen molar-refractivity contribution in [3.8, 4) is 5.75 Å². The molecule has 0 amide bonds. The molecule has 2 atom stereocenters. The van der Waals surface area contributed by atoms with Gasteiger partial charge in [-0.2, -0.15) is 0 Å². The lowest BCUT2D eigenvalue weighted by atomic mass is 10.0. The smallest absolute Gasteiger partial charge is 0.131 e. The van der Waals surface area contributed by atoms with E-state index in [2.05, 4.69) is 10.3 Å². The van der Waals surface area contributed by atoms with E-state index in [1.165, 1.54) is 6.07 Å². The average Bonchev–Trinajstić information content (AvgIpc) is 2.47. The first-order valence-electron chi connectivity index (χ1n) is 6.62. The van der Waals surface area contributed by atoms with Gasteiger partial charge in [-0.1, -0.05) is 6.07 Å². The molecule has 4 heteroatoms. The Morgan fingerprint density at radius 1 is 1.10 bits per heavy atom. The molecule has 2 aromatic rings. The van der Waals surface area contributed by atoms with Crippen molar-refractivity contribution in [2.75, 3.05) is 7.11 Å². The first-order chi connectivity index (χ1) is 9.63. The van der Waals surface area contributed by atoms with Crippen molar-refractivity contribution in [2.24, 2.45) is 0 Å². The Morgan fingerprint density at radius 2 is 1.80 bits per heavy atom. The third kappa shape index (κ3) is 3.14. The summed E-state index contributed by atoms with van der Waals surface area (Å²) in [7, 11) is 1.55. The highest BCUT2D eigenvalue weighted by Crippen LogP contribution is 2.29. The van der Waals surface area contributed by atoms with Crippen LogP contribution in [0.1, 0.15) is 37.1 Å². The van der Waals surface area contributed by atoms with Gasteiger partial charge in [-0.15, -0.1) is 0 Å². The maximum Gasteiger partial charge on any atom is 0.131 e. The third-order valence-electron chi connectivity index (χ3n) is 3.37. The normalized spacial score (nSPS) is 13.8. The van der Waals surface area contributed by atoms with E-state index in [9.17, 15) is 4.39 Å². The average molecular weight is 274 g/mol. The van der Waals surface area contributed by atoms with Gasteiger partial charge in [0.1, 0.15) is 11.6 Å². The fourth-order valence-electron chi connectivity index (χ4n) is 2.32. The minimum Gasteiger partial charge on any atom is -0.496 e. The molecule has 0 aliphatic carbocycles. The third-order valence-corrected chi connectivity index (χ3v) is 3.37. The van der Waals surface area contributed by atoms with Gasteiger partial charge in [0, 0.05) is 30.0 Å². The van der Waals surface area contributed by atoms with Gasteiger partial charge >= 0.3 is 0 Å². The second-order valence-corrected chi connectivity index (χ2v) is 4.75. The topological polar surface area (TPSA) is 34.1 Å². The minimum atomic E-state index is -0.258. The van der Waals surface area contributed by atoms with Crippen LogP contribution in [0.25, 0.3) is 0 Å². The van der Waals surface area contributed by atoms with Crippen molar-refractivity contribution in [3.05, 3.63) is 59.7 Å². The molecule has 0 saturated carbocycles. The van der Waals surface area contributed by atoms with Crippen LogP contribution in [-0.2, 0) is 0 Å². The Hall–Kier alpha value is -1.94. The van der Waals surface area contributed by atoms with Crippen LogP contribution >= 0.6 is 0 Å². The van der Waals surface area contributed by atoms with E-state index in [4.69, 9.17) is 4.74 Å². The van der Waals surface area contributed by atoms with Crippen molar-refractivity contribution >= 4 is 0 Å². The first kappa shape index (κ1) is 14.5. The molecule has 0 aliphatic rings. The minimum absolute atomic E-state index is 0.0947. The molecular formula is C16H19FN2O. The van der Waals surface area contributed by atoms with Gasteiger partial charge < -0.3 is 10.1 Å². The molecule has 1 aromatic carbocycles. The molecule has 1 N–H and O–H groups in total. The lowest BCUT2D eigenvalue weighted by Crippen LogP contribution is -2.23. The van der Waals surface area contributed by atoms with Crippen molar-refractivity contribution in [2.45, 2.75) is 25.9 Å². The maximum atomic E-state index is 14.0. The number of nitrogens with zero attached hydrogens (tertiary/aromatic N) is 1. The highest BCUT2D eigenvalue weighted by atomic mass is 19.1. The molecular weight excluding hydrogens is 255 g/mol. The predicted octanol–water partition coefficient (Wildman–Crippen LogP) is 3.64. The van der Waals surface area contributed by atoms with Crippen LogP contribution in [0.3, 0.4) is 0 Å². The van der Waals surface area contributed by atoms with E-state index >= 15 is 0 Å². The van der Waals surface area contributed by atoms with Gasteiger partial charge in [-0.25, -0.2) is 4.39 Å². The summed E-state index contributed by atoms with van der Waals surface area (Å²) in [4.78, 5) is 4.00. The quantitative estimate of drug-likeness (QED) is 0.903. The number of halogens is 1. The zero-order valence-electron chi connectivity index (χ0n) is 11.9. The SMILES string of the molecule is COc1cccc(F)c1C(C)N[C@@H](C)c1ccncc1. The van der Waals surface area contributed by atoms with Gasteiger partial charge in [-0.05, 0) is 43.7 Å². The fourth-order valence-corrected chi connectivity index (χ4v) is 2.32. The van der Waals surface area contributed by atoms with E-state index in [0.717, 1.165) is 5.56 Å². The van der Waals surface area contributed by atoms with Crippen molar-refractivity contribution < 1.29 is 9.13 Å². The molecule has 0 radical (unpaired) electrons. The molecule has 0 saturated heterocycles. The van der Waals surface area contributed by atoms with Crippen LogP contribution in [0.15, 0.2) is 42.7 Å². The highest BCUT2D eigenvalue weighted by Gasteiger charge is 2.18. The van der Waals surface area contributed by atoms with Crippen LogP contribution in [0.4, 0.5) is 4.39 Å². The van der Waals surface area contributed by atoms with Gasteiger partial charge in [-0.3, -0.25) is 4.98 Å². The molecule has 1 aromatic heterocycles. The molecule has 1 unspecified atom stereocenters. The molecule has 0 fully saturated rings. The summed E-state index contributed by atoms with van der Waals surface area (Å²) in [5.74, 6) is 0.304. The number of hydrogen-bond donors (Lipinski definition) is 1. The number of pyridine rings is 1. The molecule has 0 bridgehead atoms. The molecule has 1 heterocycles. The summed E-state index contributed by atoms with van der Waals surface area (Å²) in [5.41, 5.74) is 1.66. The zero-order chi connectivity index (χ0) is 14.5. The second kappa shape index (κ2) is 6.48. The van der Waals surface area contributed by atoms with Crippen molar-refractivity contribution in [1.29, 1.82) is 0 Å². The first-order valence-corrected chi connectivity index (χ1v) is 6.62. The van der Waals surface area contributed by atoms with Crippen LogP contribution in [0.5, 0.6) is 5.75 Å². The van der Waals surface area contributed by atoms with Crippen molar-refractivity contribution in [3.63, 3.8) is 0 Å². The summed E-state index contributed by atoms with van der Waals surface area (Å²) >= 11 is 0. The lowest BCUT2D eigenvalue weighted by Gasteiger charge is -2.22. The van der Waals surface area contributed by atoms with Crippen LogP contribution < -0.4 is 10.1 Å². The van der Waals surface area contributed by atoms with Gasteiger partial charge in [0.2, 0.25) is 0 Å². The Bertz CT molecular complexity index is 560. The number of hydrogen-bond acceptors (Lipinski definition) is 3. The van der Waals surface area contributed by atoms with Crippen LogP contribution in [0.2, 0.25) is 0 Å². The van der Waals surface area contributed by atoms with E-state index in [1.54, 1.807) is 31.6 Å². The zero-order valence-corrected chi connectivity index (χ0v) is 11.9. The molecule has 20 heavy (non-hydrogen) atoms. The highest BCUT2D eigenvalue weighted by molar-refractivity contribution is 5.37. The largest absolute Gasteiger partial charge is 0.496 e. The molecule has 0 aliphatic heterocycles. The predicted molar refractivity (Wildman–Crippen MR) is 77.2 cm³/mol. The van der Waals surface area contributed by atoms with Crippen molar-refractivity contribution in [1.82, 2.24) is 10.3 Å². The van der Waals surface area contributed by atoms with E-state index < -0.39 is 0 Å². The van der Waals surface area contributed by atoms with E-state index in [0.29, 0.717) is 11.3 Å². The number of benzene rings is 1. The summed E-state index contributed by atoms with van der Waals surface area (Å²) in [6.45, 7) is 3.97. The van der Waals surface area contributed by atoms with E-state index in [1.807, 2.05) is 26.0 Å². The fraction of sp³-hybridized carbons (Fsp3) is 0.312. The molecule has 0 spiro atoms. The van der Waals surface area contributed by atoms with Crippen LogP contribution in [0, 0.1) is 5.82 Å². The summed E-state index contributed by atoms with van der Waals surface area (Å²) in [6.07, 6.45) is 3.50. The maximum absolute atomic E-state index is 14.0. The molecule has 3 nitrogen and oxygen atoms in total. The second-order valence-electron chi connectivity index (χ2n) is 4.75. The van der Waals surface area contributed by atoms with E-state index in [-0.39, 0.29) is 17.9 Å². The van der Waals surface area contributed by atoms with Crippen LogP contribution in [-0.4, -0.2) is 12.1 Å². The Labute approximate surface area is 118 Å². The molecule has 2 rings (SSSR count). The Morgan fingerprint density at radius 3 is 2.45 bits per heavy atom.